The molecule has 1 aromatic heterocycles. The van der Waals surface area contributed by atoms with Crippen LogP contribution in [0.1, 0.15) is 58.3 Å². The van der Waals surface area contributed by atoms with Crippen molar-refractivity contribution in [2.45, 2.75) is 59.0 Å². The average Bonchev–Trinajstić information content (AvgIpc) is 2.81. The van der Waals surface area contributed by atoms with Gasteiger partial charge in [-0.05, 0) is 30.9 Å². The number of unbranched alkanes of at least 4 members (excludes halogenated alkanes) is 1. The van der Waals surface area contributed by atoms with E-state index in [0.717, 1.165) is 37.1 Å². The number of aryl methyl sites for hydroxylation is 1. The van der Waals surface area contributed by atoms with Crippen LogP contribution in [0, 0.1) is 5.92 Å². The van der Waals surface area contributed by atoms with Gasteiger partial charge in [-0.25, -0.2) is 4.98 Å². The quantitative estimate of drug-likeness (QED) is 0.818. The van der Waals surface area contributed by atoms with Crippen molar-refractivity contribution in [2.75, 3.05) is 0 Å². The summed E-state index contributed by atoms with van der Waals surface area (Å²) >= 11 is 0. The Labute approximate surface area is 122 Å². The fourth-order valence-corrected chi connectivity index (χ4v) is 2.55. The first-order chi connectivity index (χ1) is 9.63. The topological polar surface area (TPSA) is 43.8 Å². The molecule has 2 aromatic rings. The van der Waals surface area contributed by atoms with Crippen molar-refractivity contribution in [3.8, 4) is 0 Å². The molecule has 0 spiro atoms. The van der Waals surface area contributed by atoms with Gasteiger partial charge in [-0.1, -0.05) is 45.7 Å². The van der Waals surface area contributed by atoms with Crippen LogP contribution in [-0.2, 0) is 6.54 Å². The minimum atomic E-state index is 0.0505. The molecule has 0 aliphatic heterocycles. The lowest BCUT2D eigenvalue weighted by atomic mass is 10.1. The van der Waals surface area contributed by atoms with Crippen LogP contribution in [0.25, 0.3) is 11.0 Å². The minimum Gasteiger partial charge on any atom is -0.327 e. The zero-order valence-electron chi connectivity index (χ0n) is 13.0. The van der Waals surface area contributed by atoms with E-state index >= 15 is 0 Å². The molecule has 1 atom stereocenters. The van der Waals surface area contributed by atoms with Crippen LogP contribution in [0.5, 0.6) is 0 Å². The predicted octanol–water partition coefficient (Wildman–Crippen LogP) is 4.27. The molecule has 0 aliphatic carbocycles. The van der Waals surface area contributed by atoms with E-state index in [2.05, 4.69) is 43.5 Å². The van der Waals surface area contributed by atoms with Crippen LogP contribution in [0.2, 0.25) is 0 Å². The Morgan fingerprint density at radius 2 is 1.95 bits per heavy atom. The second-order valence-electron chi connectivity index (χ2n) is 6.04. The molecule has 0 amide bonds. The zero-order chi connectivity index (χ0) is 14.5. The molecular weight excluding hydrogens is 246 g/mol. The summed E-state index contributed by atoms with van der Waals surface area (Å²) in [4.78, 5) is 4.78. The Balaban J connectivity index is 2.33. The maximum Gasteiger partial charge on any atom is 0.126 e. The van der Waals surface area contributed by atoms with E-state index in [-0.39, 0.29) is 6.04 Å². The number of benzene rings is 1. The van der Waals surface area contributed by atoms with Gasteiger partial charge in [0, 0.05) is 6.54 Å². The Bertz CT molecular complexity index is 542. The van der Waals surface area contributed by atoms with Gasteiger partial charge in [0.15, 0.2) is 0 Å². The lowest BCUT2D eigenvalue weighted by molar-refractivity contribution is 0.486. The average molecular weight is 273 g/mol. The summed E-state index contributed by atoms with van der Waals surface area (Å²) in [5, 5.41) is 0. The Morgan fingerprint density at radius 3 is 2.65 bits per heavy atom. The highest BCUT2D eigenvalue weighted by atomic mass is 15.1. The van der Waals surface area contributed by atoms with Crippen molar-refractivity contribution < 1.29 is 0 Å². The SMILES string of the molecule is CCCCC(N)c1nc2ccccc2n1CCC(C)C. The maximum absolute atomic E-state index is 6.37. The molecule has 0 radical (unpaired) electrons. The molecule has 2 rings (SSSR count). The molecular formula is C17H27N3. The van der Waals surface area contributed by atoms with E-state index in [1.54, 1.807) is 0 Å². The number of aromatic nitrogens is 2. The largest absolute Gasteiger partial charge is 0.327 e. The van der Waals surface area contributed by atoms with E-state index in [9.17, 15) is 0 Å². The van der Waals surface area contributed by atoms with Gasteiger partial charge in [0.1, 0.15) is 5.82 Å². The first-order valence-electron chi connectivity index (χ1n) is 7.84. The third-order valence-corrected chi connectivity index (χ3v) is 3.81. The Kier molecular flexibility index (Phi) is 5.18. The smallest absolute Gasteiger partial charge is 0.126 e. The van der Waals surface area contributed by atoms with Gasteiger partial charge in [-0.15, -0.1) is 0 Å². The van der Waals surface area contributed by atoms with E-state index in [1.807, 2.05) is 6.07 Å². The van der Waals surface area contributed by atoms with Crippen LogP contribution in [0.3, 0.4) is 0 Å². The summed E-state index contributed by atoms with van der Waals surface area (Å²) in [6.07, 6.45) is 4.52. The number of rotatable bonds is 7. The van der Waals surface area contributed by atoms with Crippen molar-refractivity contribution in [3.05, 3.63) is 30.1 Å². The number of nitrogens with two attached hydrogens (primary N) is 1. The van der Waals surface area contributed by atoms with Gasteiger partial charge in [-0.3, -0.25) is 0 Å². The molecule has 3 nitrogen and oxygen atoms in total. The lowest BCUT2D eigenvalue weighted by Crippen LogP contribution is -2.17. The molecule has 3 heteroatoms. The van der Waals surface area contributed by atoms with Gasteiger partial charge in [0.2, 0.25) is 0 Å². The summed E-state index contributed by atoms with van der Waals surface area (Å²) in [6, 6.07) is 8.41. The molecule has 20 heavy (non-hydrogen) atoms. The molecule has 0 saturated heterocycles. The first kappa shape index (κ1) is 15.0. The normalized spacial score (nSPS) is 13.2. The summed E-state index contributed by atoms with van der Waals surface area (Å²) < 4.78 is 2.33. The third-order valence-electron chi connectivity index (χ3n) is 3.81. The highest BCUT2D eigenvalue weighted by molar-refractivity contribution is 5.76. The number of hydrogen-bond donors (Lipinski definition) is 1. The standard InChI is InChI=1S/C17H27N3/c1-4-5-8-14(18)17-19-15-9-6-7-10-16(15)20(17)12-11-13(2)3/h6-7,9-10,13-14H,4-5,8,11-12,18H2,1-3H3. The molecule has 0 saturated carbocycles. The fraction of sp³-hybridized carbons (Fsp3) is 0.588. The Morgan fingerprint density at radius 1 is 1.20 bits per heavy atom. The number of hydrogen-bond acceptors (Lipinski definition) is 2. The molecule has 1 heterocycles. The van der Waals surface area contributed by atoms with Crippen molar-refractivity contribution >= 4 is 11.0 Å². The van der Waals surface area contributed by atoms with Gasteiger partial charge in [0.25, 0.3) is 0 Å². The second-order valence-corrected chi connectivity index (χ2v) is 6.04. The minimum absolute atomic E-state index is 0.0505. The number of para-hydroxylation sites is 2. The fourth-order valence-electron chi connectivity index (χ4n) is 2.55. The predicted molar refractivity (Wildman–Crippen MR) is 85.6 cm³/mol. The molecule has 0 aliphatic rings. The second kappa shape index (κ2) is 6.89. The highest BCUT2D eigenvalue weighted by Crippen LogP contribution is 2.23. The van der Waals surface area contributed by atoms with Crippen molar-refractivity contribution in [1.82, 2.24) is 9.55 Å². The summed E-state index contributed by atoms with van der Waals surface area (Å²) in [6.45, 7) is 7.73. The van der Waals surface area contributed by atoms with Crippen LogP contribution in [0.15, 0.2) is 24.3 Å². The van der Waals surface area contributed by atoms with E-state index < -0.39 is 0 Å². The van der Waals surface area contributed by atoms with Crippen molar-refractivity contribution in [3.63, 3.8) is 0 Å². The summed E-state index contributed by atoms with van der Waals surface area (Å²) in [5.74, 6) is 1.75. The van der Waals surface area contributed by atoms with Gasteiger partial charge >= 0.3 is 0 Å². The van der Waals surface area contributed by atoms with E-state index in [0.29, 0.717) is 5.92 Å². The number of fused-ring (bicyclic) bond motifs is 1. The molecule has 1 aromatic carbocycles. The molecule has 0 bridgehead atoms. The lowest BCUT2D eigenvalue weighted by Gasteiger charge is -2.15. The van der Waals surface area contributed by atoms with Crippen molar-refractivity contribution in [2.24, 2.45) is 11.7 Å². The molecule has 2 N–H and O–H groups in total. The van der Waals surface area contributed by atoms with Crippen LogP contribution >= 0.6 is 0 Å². The van der Waals surface area contributed by atoms with Crippen LogP contribution in [-0.4, -0.2) is 9.55 Å². The highest BCUT2D eigenvalue weighted by Gasteiger charge is 2.16. The third kappa shape index (κ3) is 3.40. The van der Waals surface area contributed by atoms with Crippen molar-refractivity contribution in [1.29, 1.82) is 0 Å². The summed E-state index contributed by atoms with van der Waals surface area (Å²) in [7, 11) is 0. The molecule has 110 valence electrons. The van der Waals surface area contributed by atoms with E-state index in [4.69, 9.17) is 10.7 Å². The summed E-state index contributed by atoms with van der Waals surface area (Å²) in [5.41, 5.74) is 8.65. The monoisotopic (exact) mass is 273 g/mol. The first-order valence-corrected chi connectivity index (χ1v) is 7.84. The van der Waals surface area contributed by atoms with Crippen LogP contribution in [0.4, 0.5) is 0 Å². The number of nitrogens with zero attached hydrogens (tertiary/aromatic N) is 2. The van der Waals surface area contributed by atoms with Crippen LogP contribution < -0.4 is 5.73 Å². The zero-order valence-corrected chi connectivity index (χ0v) is 13.0. The number of imidazole rings is 1. The van der Waals surface area contributed by atoms with Gasteiger partial charge < -0.3 is 10.3 Å². The van der Waals surface area contributed by atoms with Gasteiger partial charge in [-0.2, -0.15) is 0 Å². The van der Waals surface area contributed by atoms with E-state index in [1.165, 1.54) is 11.9 Å². The maximum atomic E-state index is 6.37. The Hall–Kier alpha value is -1.35. The molecule has 0 fully saturated rings. The molecule has 1 unspecified atom stereocenters. The van der Waals surface area contributed by atoms with Gasteiger partial charge in [0.05, 0.1) is 17.1 Å².